The summed E-state index contributed by atoms with van der Waals surface area (Å²) in [5.74, 6) is 1.01. The summed E-state index contributed by atoms with van der Waals surface area (Å²) in [6.07, 6.45) is 0. The van der Waals surface area contributed by atoms with Gasteiger partial charge in [-0.05, 0) is 46.8 Å². The number of aromatic nitrogens is 2. The lowest BCUT2D eigenvalue weighted by atomic mass is 10.1. The topological polar surface area (TPSA) is 47.3 Å². The van der Waals surface area contributed by atoms with Crippen molar-refractivity contribution in [3.63, 3.8) is 0 Å². The minimum atomic E-state index is -0.169. The van der Waals surface area contributed by atoms with Crippen LogP contribution in [0.5, 0.6) is 11.5 Å². The predicted octanol–water partition coefficient (Wildman–Crippen LogP) is 3.72. The fraction of sp³-hybridized carbons (Fsp3) is 0.438. The molecule has 0 atom stereocenters. The fourth-order valence-electron chi connectivity index (χ4n) is 2.24. The SMILES string of the molecule is CCOc1cccc(-c2nn(C(C)(C)C)c(C)c2O)c1. The summed E-state index contributed by atoms with van der Waals surface area (Å²) in [7, 11) is 0. The van der Waals surface area contributed by atoms with Crippen LogP contribution in [0.15, 0.2) is 24.3 Å². The maximum absolute atomic E-state index is 10.3. The Kier molecular flexibility index (Phi) is 3.75. The number of rotatable bonds is 3. The van der Waals surface area contributed by atoms with Crippen LogP contribution in [0.1, 0.15) is 33.4 Å². The molecule has 0 saturated heterocycles. The Labute approximate surface area is 120 Å². The second kappa shape index (κ2) is 5.19. The molecule has 20 heavy (non-hydrogen) atoms. The van der Waals surface area contributed by atoms with E-state index in [2.05, 4.69) is 25.9 Å². The number of hydrogen-bond acceptors (Lipinski definition) is 3. The van der Waals surface area contributed by atoms with Gasteiger partial charge in [0.25, 0.3) is 0 Å². The Balaban J connectivity index is 2.51. The second-order valence-electron chi connectivity index (χ2n) is 5.83. The normalized spacial score (nSPS) is 11.7. The van der Waals surface area contributed by atoms with Gasteiger partial charge < -0.3 is 9.84 Å². The molecule has 0 aliphatic rings. The van der Waals surface area contributed by atoms with Gasteiger partial charge in [0, 0.05) is 5.56 Å². The average molecular weight is 274 g/mol. The molecule has 1 aromatic carbocycles. The van der Waals surface area contributed by atoms with Gasteiger partial charge in [-0.1, -0.05) is 12.1 Å². The van der Waals surface area contributed by atoms with Gasteiger partial charge in [0.15, 0.2) is 5.75 Å². The minimum Gasteiger partial charge on any atom is -0.504 e. The van der Waals surface area contributed by atoms with Crippen molar-refractivity contribution in [2.75, 3.05) is 6.61 Å². The van der Waals surface area contributed by atoms with E-state index in [1.54, 1.807) is 0 Å². The second-order valence-corrected chi connectivity index (χ2v) is 5.83. The van der Waals surface area contributed by atoms with Gasteiger partial charge in [0.2, 0.25) is 0 Å². The molecule has 1 aromatic heterocycles. The highest BCUT2D eigenvalue weighted by atomic mass is 16.5. The Morgan fingerprint density at radius 3 is 2.55 bits per heavy atom. The highest BCUT2D eigenvalue weighted by Crippen LogP contribution is 2.35. The zero-order valence-corrected chi connectivity index (χ0v) is 12.8. The van der Waals surface area contributed by atoms with Crippen LogP contribution in [0.25, 0.3) is 11.3 Å². The number of nitrogens with zero attached hydrogens (tertiary/aromatic N) is 2. The Bertz CT molecular complexity index is 609. The van der Waals surface area contributed by atoms with Crippen molar-refractivity contribution >= 4 is 0 Å². The zero-order chi connectivity index (χ0) is 14.9. The van der Waals surface area contributed by atoms with Crippen molar-refractivity contribution in [3.8, 4) is 22.8 Å². The van der Waals surface area contributed by atoms with Gasteiger partial charge in [-0.15, -0.1) is 0 Å². The van der Waals surface area contributed by atoms with E-state index >= 15 is 0 Å². The van der Waals surface area contributed by atoms with Crippen LogP contribution < -0.4 is 4.74 Å². The highest BCUT2D eigenvalue weighted by Gasteiger charge is 2.23. The van der Waals surface area contributed by atoms with Crippen LogP contribution in [0.4, 0.5) is 0 Å². The van der Waals surface area contributed by atoms with Crippen molar-refractivity contribution in [1.29, 1.82) is 0 Å². The number of hydrogen-bond donors (Lipinski definition) is 1. The van der Waals surface area contributed by atoms with E-state index in [9.17, 15) is 5.11 Å². The van der Waals surface area contributed by atoms with Crippen LogP contribution in [0, 0.1) is 6.92 Å². The molecule has 2 rings (SSSR count). The number of aromatic hydroxyl groups is 1. The van der Waals surface area contributed by atoms with Crippen LogP contribution >= 0.6 is 0 Å². The summed E-state index contributed by atoms with van der Waals surface area (Å²) in [6, 6.07) is 7.64. The molecule has 4 nitrogen and oxygen atoms in total. The summed E-state index contributed by atoms with van der Waals surface area (Å²) in [4.78, 5) is 0. The van der Waals surface area contributed by atoms with E-state index in [1.165, 1.54) is 0 Å². The van der Waals surface area contributed by atoms with E-state index in [1.807, 2.05) is 42.8 Å². The minimum absolute atomic E-state index is 0.169. The first-order chi connectivity index (χ1) is 9.34. The molecule has 0 aliphatic heterocycles. The molecule has 1 N–H and O–H groups in total. The predicted molar refractivity (Wildman–Crippen MR) is 80.2 cm³/mol. The first-order valence-electron chi connectivity index (χ1n) is 6.87. The quantitative estimate of drug-likeness (QED) is 0.928. The molecule has 0 amide bonds. The van der Waals surface area contributed by atoms with Gasteiger partial charge in [-0.25, -0.2) is 0 Å². The maximum Gasteiger partial charge on any atom is 0.164 e. The molecule has 4 heteroatoms. The van der Waals surface area contributed by atoms with Crippen LogP contribution in [-0.4, -0.2) is 21.5 Å². The molecule has 0 fully saturated rings. The molecule has 0 spiro atoms. The third-order valence-corrected chi connectivity index (χ3v) is 3.14. The smallest absolute Gasteiger partial charge is 0.164 e. The van der Waals surface area contributed by atoms with Crippen molar-refractivity contribution in [2.45, 2.75) is 40.2 Å². The van der Waals surface area contributed by atoms with E-state index in [0.717, 1.165) is 17.0 Å². The fourth-order valence-corrected chi connectivity index (χ4v) is 2.24. The van der Waals surface area contributed by atoms with Gasteiger partial charge in [-0.2, -0.15) is 5.10 Å². The molecule has 0 bridgehead atoms. The molecule has 1 heterocycles. The van der Waals surface area contributed by atoms with Crippen molar-refractivity contribution in [3.05, 3.63) is 30.0 Å². The molecule has 0 unspecified atom stereocenters. The van der Waals surface area contributed by atoms with Crippen LogP contribution in [0.2, 0.25) is 0 Å². The first kappa shape index (κ1) is 14.4. The molecular formula is C16H22N2O2. The standard InChI is InChI=1S/C16H22N2O2/c1-6-20-13-9-7-8-12(10-13)14-15(19)11(2)18(17-14)16(3,4)5/h7-10,19H,6H2,1-5H3. The van der Waals surface area contributed by atoms with Crippen molar-refractivity contribution in [2.24, 2.45) is 0 Å². The Morgan fingerprint density at radius 1 is 1.30 bits per heavy atom. The molecule has 0 radical (unpaired) electrons. The number of ether oxygens (including phenoxy) is 1. The molecule has 0 saturated carbocycles. The van der Waals surface area contributed by atoms with Crippen molar-refractivity contribution in [1.82, 2.24) is 9.78 Å². The molecule has 0 aliphatic carbocycles. The highest BCUT2D eigenvalue weighted by molar-refractivity contribution is 5.68. The third kappa shape index (κ3) is 2.64. The van der Waals surface area contributed by atoms with Gasteiger partial charge in [-0.3, -0.25) is 4.68 Å². The van der Waals surface area contributed by atoms with Crippen molar-refractivity contribution < 1.29 is 9.84 Å². The Hall–Kier alpha value is -1.97. The van der Waals surface area contributed by atoms with Gasteiger partial charge in [0.05, 0.1) is 17.8 Å². The van der Waals surface area contributed by atoms with E-state index < -0.39 is 0 Å². The third-order valence-electron chi connectivity index (χ3n) is 3.14. The first-order valence-corrected chi connectivity index (χ1v) is 6.87. The van der Waals surface area contributed by atoms with Gasteiger partial charge in [0.1, 0.15) is 11.4 Å². The zero-order valence-electron chi connectivity index (χ0n) is 12.8. The van der Waals surface area contributed by atoms with E-state index in [0.29, 0.717) is 12.3 Å². The molecule has 108 valence electrons. The molecular weight excluding hydrogens is 252 g/mol. The maximum atomic E-state index is 10.3. The lowest BCUT2D eigenvalue weighted by molar-refractivity contribution is 0.340. The summed E-state index contributed by atoms with van der Waals surface area (Å²) in [6.45, 7) is 10.6. The van der Waals surface area contributed by atoms with E-state index in [4.69, 9.17) is 4.74 Å². The monoisotopic (exact) mass is 274 g/mol. The van der Waals surface area contributed by atoms with Crippen LogP contribution in [-0.2, 0) is 5.54 Å². The van der Waals surface area contributed by atoms with Crippen LogP contribution in [0.3, 0.4) is 0 Å². The summed E-state index contributed by atoms with van der Waals surface area (Å²) in [5.41, 5.74) is 2.06. The molecule has 2 aromatic rings. The van der Waals surface area contributed by atoms with E-state index in [-0.39, 0.29) is 11.3 Å². The summed E-state index contributed by atoms with van der Waals surface area (Å²) >= 11 is 0. The summed E-state index contributed by atoms with van der Waals surface area (Å²) in [5, 5.41) is 14.9. The lowest BCUT2D eigenvalue weighted by Gasteiger charge is -2.20. The van der Waals surface area contributed by atoms with Gasteiger partial charge >= 0.3 is 0 Å². The largest absolute Gasteiger partial charge is 0.504 e. The lowest BCUT2D eigenvalue weighted by Crippen LogP contribution is -2.24. The number of benzene rings is 1. The Morgan fingerprint density at radius 2 is 2.00 bits per heavy atom. The average Bonchev–Trinajstić information content (AvgIpc) is 2.67. The summed E-state index contributed by atoms with van der Waals surface area (Å²) < 4.78 is 7.35.